The first-order valence-electron chi connectivity index (χ1n) is 7.90. The summed E-state index contributed by atoms with van der Waals surface area (Å²) >= 11 is 0. The zero-order valence-corrected chi connectivity index (χ0v) is 14.1. The fourth-order valence-electron chi connectivity index (χ4n) is 1.77. The van der Waals surface area contributed by atoms with Gasteiger partial charge < -0.3 is 20.1 Å². The van der Waals surface area contributed by atoms with Crippen LogP contribution in [0.2, 0.25) is 0 Å². The topological polar surface area (TPSA) is 62.8 Å². The number of nitrogens with zero attached hydrogens (tertiary/aromatic N) is 1. The van der Waals surface area contributed by atoms with Gasteiger partial charge in [0.2, 0.25) is 5.91 Å². The Hall–Kier alpha value is -0.690. The molecule has 0 atom stereocenters. The molecule has 6 nitrogen and oxygen atoms in total. The first kappa shape index (κ1) is 20.3. The van der Waals surface area contributed by atoms with Gasteiger partial charge in [-0.05, 0) is 20.0 Å². The quantitative estimate of drug-likeness (QED) is 0.457. The molecule has 0 aromatic carbocycles. The van der Waals surface area contributed by atoms with E-state index >= 15 is 0 Å². The molecule has 0 unspecified atom stereocenters. The van der Waals surface area contributed by atoms with Crippen molar-refractivity contribution in [1.29, 1.82) is 0 Å². The molecule has 0 radical (unpaired) electrons. The summed E-state index contributed by atoms with van der Waals surface area (Å²) in [5, 5.41) is 6.12. The Morgan fingerprint density at radius 3 is 2.29 bits per heavy atom. The van der Waals surface area contributed by atoms with E-state index in [4.69, 9.17) is 9.47 Å². The van der Waals surface area contributed by atoms with Crippen molar-refractivity contribution in [3.05, 3.63) is 0 Å². The summed E-state index contributed by atoms with van der Waals surface area (Å²) in [4.78, 5) is 13.6. The van der Waals surface area contributed by atoms with Crippen molar-refractivity contribution in [1.82, 2.24) is 15.5 Å². The van der Waals surface area contributed by atoms with Gasteiger partial charge >= 0.3 is 0 Å². The van der Waals surface area contributed by atoms with Crippen LogP contribution < -0.4 is 10.6 Å². The third-order valence-electron chi connectivity index (χ3n) is 2.76. The molecular formula is C15H33N3O3. The van der Waals surface area contributed by atoms with Crippen molar-refractivity contribution in [2.24, 2.45) is 0 Å². The van der Waals surface area contributed by atoms with E-state index in [2.05, 4.69) is 31.4 Å². The molecule has 0 aromatic rings. The van der Waals surface area contributed by atoms with Crippen LogP contribution in [0.4, 0.5) is 0 Å². The molecular weight excluding hydrogens is 270 g/mol. The van der Waals surface area contributed by atoms with Gasteiger partial charge in [-0.3, -0.25) is 9.69 Å². The van der Waals surface area contributed by atoms with Gasteiger partial charge in [0, 0.05) is 19.1 Å². The van der Waals surface area contributed by atoms with E-state index in [9.17, 15) is 4.79 Å². The van der Waals surface area contributed by atoms with Crippen molar-refractivity contribution in [3.8, 4) is 0 Å². The lowest BCUT2D eigenvalue weighted by atomic mass is 10.4. The van der Waals surface area contributed by atoms with Gasteiger partial charge in [-0.25, -0.2) is 0 Å². The van der Waals surface area contributed by atoms with Crippen molar-refractivity contribution in [3.63, 3.8) is 0 Å². The summed E-state index contributed by atoms with van der Waals surface area (Å²) in [5.74, 6) is 0.0468. The van der Waals surface area contributed by atoms with Crippen LogP contribution in [0.15, 0.2) is 0 Å². The van der Waals surface area contributed by atoms with Crippen molar-refractivity contribution in [2.75, 3.05) is 59.7 Å². The fourth-order valence-corrected chi connectivity index (χ4v) is 1.77. The monoisotopic (exact) mass is 303 g/mol. The second kappa shape index (κ2) is 14.3. The molecule has 126 valence electrons. The molecule has 2 N–H and O–H groups in total. The van der Waals surface area contributed by atoms with E-state index in [0.717, 1.165) is 19.5 Å². The first-order valence-corrected chi connectivity index (χ1v) is 7.90. The maximum absolute atomic E-state index is 11.6. The minimum atomic E-state index is 0.0468. The van der Waals surface area contributed by atoms with Crippen LogP contribution >= 0.6 is 0 Å². The van der Waals surface area contributed by atoms with E-state index in [1.54, 1.807) is 0 Å². The highest BCUT2D eigenvalue weighted by atomic mass is 16.5. The normalized spacial score (nSPS) is 11.3. The number of nitrogens with one attached hydrogen (secondary N) is 2. The summed E-state index contributed by atoms with van der Waals surface area (Å²) in [7, 11) is 1.95. The fraction of sp³-hybridized carbons (Fsp3) is 0.933. The van der Waals surface area contributed by atoms with Gasteiger partial charge in [-0.1, -0.05) is 20.8 Å². The molecule has 0 spiro atoms. The highest BCUT2D eigenvalue weighted by Crippen LogP contribution is 1.85. The SMILES string of the molecule is CCCN(C)CC(=O)NCCOCCOCCNC(C)C. The second-order valence-corrected chi connectivity index (χ2v) is 5.42. The van der Waals surface area contributed by atoms with E-state index in [0.29, 0.717) is 45.6 Å². The molecule has 0 saturated heterocycles. The number of likely N-dealkylation sites (N-methyl/N-ethyl adjacent to an activating group) is 1. The number of hydrogen-bond donors (Lipinski definition) is 2. The molecule has 0 aliphatic carbocycles. The third-order valence-corrected chi connectivity index (χ3v) is 2.76. The number of hydrogen-bond acceptors (Lipinski definition) is 5. The lowest BCUT2D eigenvalue weighted by molar-refractivity contribution is -0.122. The lowest BCUT2D eigenvalue weighted by Crippen LogP contribution is -2.37. The number of rotatable bonds is 14. The average molecular weight is 303 g/mol. The summed E-state index contributed by atoms with van der Waals surface area (Å²) in [6.45, 7) is 11.5. The van der Waals surface area contributed by atoms with Gasteiger partial charge in [0.1, 0.15) is 0 Å². The number of ether oxygens (including phenoxy) is 2. The van der Waals surface area contributed by atoms with Crippen LogP contribution in [0.25, 0.3) is 0 Å². The van der Waals surface area contributed by atoms with Crippen LogP contribution in [0.1, 0.15) is 27.2 Å². The Kier molecular flexibility index (Phi) is 13.8. The molecule has 0 aliphatic heterocycles. The molecule has 0 aliphatic rings. The van der Waals surface area contributed by atoms with E-state index in [1.165, 1.54) is 0 Å². The maximum atomic E-state index is 11.6. The van der Waals surface area contributed by atoms with Crippen LogP contribution in [0.3, 0.4) is 0 Å². The predicted molar refractivity (Wildman–Crippen MR) is 85.6 cm³/mol. The molecule has 0 aromatic heterocycles. The minimum Gasteiger partial charge on any atom is -0.378 e. The van der Waals surface area contributed by atoms with Gasteiger partial charge in [0.05, 0.1) is 33.0 Å². The molecule has 0 rings (SSSR count). The average Bonchev–Trinajstić information content (AvgIpc) is 2.40. The number of carbonyl (C=O) groups is 1. The van der Waals surface area contributed by atoms with Gasteiger partial charge in [0.15, 0.2) is 0 Å². The largest absolute Gasteiger partial charge is 0.378 e. The third kappa shape index (κ3) is 15.5. The Balaban J connectivity index is 3.23. The number of carbonyl (C=O) groups excluding carboxylic acids is 1. The van der Waals surface area contributed by atoms with Crippen molar-refractivity contribution in [2.45, 2.75) is 33.2 Å². The molecule has 0 heterocycles. The molecule has 0 fully saturated rings. The molecule has 21 heavy (non-hydrogen) atoms. The van der Waals surface area contributed by atoms with Crippen molar-refractivity contribution >= 4 is 5.91 Å². The summed E-state index contributed by atoms with van der Waals surface area (Å²) in [5.41, 5.74) is 0. The first-order chi connectivity index (χ1) is 10.1. The maximum Gasteiger partial charge on any atom is 0.234 e. The number of amides is 1. The molecule has 0 saturated carbocycles. The highest BCUT2D eigenvalue weighted by molar-refractivity contribution is 5.77. The van der Waals surface area contributed by atoms with Gasteiger partial charge in [-0.2, -0.15) is 0 Å². The lowest BCUT2D eigenvalue weighted by Gasteiger charge is -2.14. The van der Waals surface area contributed by atoms with Gasteiger partial charge in [-0.15, -0.1) is 0 Å². The Morgan fingerprint density at radius 2 is 1.71 bits per heavy atom. The molecule has 6 heteroatoms. The molecule has 0 bridgehead atoms. The second-order valence-electron chi connectivity index (χ2n) is 5.42. The molecule has 1 amide bonds. The summed E-state index contributed by atoms with van der Waals surface area (Å²) in [6, 6.07) is 0.491. The minimum absolute atomic E-state index is 0.0468. The van der Waals surface area contributed by atoms with E-state index in [-0.39, 0.29) is 5.91 Å². The smallest absolute Gasteiger partial charge is 0.234 e. The van der Waals surface area contributed by atoms with Crippen LogP contribution in [-0.4, -0.2) is 76.5 Å². The summed E-state index contributed by atoms with van der Waals surface area (Å²) in [6.07, 6.45) is 1.06. The zero-order valence-electron chi connectivity index (χ0n) is 14.1. The Bertz CT molecular complexity index is 250. The summed E-state index contributed by atoms with van der Waals surface area (Å²) < 4.78 is 10.8. The Labute approximate surface area is 129 Å². The van der Waals surface area contributed by atoms with Crippen LogP contribution in [-0.2, 0) is 14.3 Å². The van der Waals surface area contributed by atoms with E-state index < -0.39 is 0 Å². The standard InChI is InChI=1S/C15H33N3O3/c1-5-8-18(4)13-15(19)17-7-10-21-12-11-20-9-6-16-14(2)3/h14,16H,5-13H2,1-4H3,(H,17,19). The van der Waals surface area contributed by atoms with Crippen LogP contribution in [0, 0.1) is 0 Å². The Morgan fingerprint density at radius 1 is 1.10 bits per heavy atom. The van der Waals surface area contributed by atoms with E-state index in [1.807, 2.05) is 11.9 Å². The van der Waals surface area contributed by atoms with Crippen molar-refractivity contribution < 1.29 is 14.3 Å². The predicted octanol–water partition coefficient (Wildman–Crippen LogP) is 0.476. The van der Waals surface area contributed by atoms with Crippen LogP contribution in [0.5, 0.6) is 0 Å². The zero-order chi connectivity index (χ0) is 15.9. The highest BCUT2D eigenvalue weighted by Gasteiger charge is 2.04. The van der Waals surface area contributed by atoms with Gasteiger partial charge in [0.25, 0.3) is 0 Å².